The van der Waals surface area contributed by atoms with Crippen molar-refractivity contribution in [3.63, 3.8) is 0 Å². The lowest BCUT2D eigenvalue weighted by Gasteiger charge is -2.27. The van der Waals surface area contributed by atoms with E-state index in [4.69, 9.17) is 4.74 Å². The molecular weight excluding hydrogens is 249 g/mol. The average Bonchev–Trinajstić information content (AvgIpc) is 2.42. The van der Waals surface area contributed by atoms with Gasteiger partial charge in [-0.05, 0) is 19.0 Å². The number of halogens is 1. The molecule has 0 spiro atoms. The van der Waals surface area contributed by atoms with E-state index in [9.17, 15) is 14.3 Å². The monoisotopic (exact) mass is 267 g/mol. The highest BCUT2D eigenvalue weighted by Gasteiger charge is 2.24. The summed E-state index contributed by atoms with van der Waals surface area (Å²) in [6.07, 6.45) is 0.413. The van der Waals surface area contributed by atoms with Crippen molar-refractivity contribution in [2.24, 2.45) is 0 Å². The molecule has 1 aromatic carbocycles. The number of benzene rings is 1. The molecule has 0 bridgehead atoms. The average molecular weight is 267 g/mol. The van der Waals surface area contributed by atoms with Gasteiger partial charge in [-0.15, -0.1) is 0 Å². The Morgan fingerprint density at radius 2 is 2.05 bits per heavy atom. The predicted octanol–water partition coefficient (Wildman–Crippen LogP) is 1.72. The van der Waals surface area contributed by atoms with Gasteiger partial charge < -0.3 is 9.84 Å². The van der Waals surface area contributed by atoms with Crippen LogP contribution in [0.3, 0.4) is 0 Å². The van der Waals surface area contributed by atoms with Crippen LogP contribution < -0.4 is 0 Å². The van der Waals surface area contributed by atoms with E-state index in [0.717, 1.165) is 13.1 Å². The maximum Gasteiger partial charge on any atom is 0.311 e. The third-order valence-corrected chi connectivity index (χ3v) is 3.42. The molecule has 0 aliphatic carbocycles. The second-order valence-corrected chi connectivity index (χ2v) is 4.66. The summed E-state index contributed by atoms with van der Waals surface area (Å²) in [6.45, 7) is 3.62. The Morgan fingerprint density at radius 1 is 1.37 bits per heavy atom. The third kappa shape index (κ3) is 3.75. The Balaban J connectivity index is 2.00. The highest BCUT2D eigenvalue weighted by Crippen LogP contribution is 2.23. The summed E-state index contributed by atoms with van der Waals surface area (Å²) in [5.41, 5.74) is 0.267. The number of ether oxygens (including phenoxy) is 1. The molecule has 0 radical (unpaired) electrons. The van der Waals surface area contributed by atoms with E-state index in [1.165, 1.54) is 6.07 Å². The summed E-state index contributed by atoms with van der Waals surface area (Å²) in [7, 11) is 0. The van der Waals surface area contributed by atoms with Crippen LogP contribution in [0.2, 0.25) is 0 Å². The third-order valence-electron chi connectivity index (χ3n) is 3.42. The molecule has 1 atom stereocenters. The van der Waals surface area contributed by atoms with Crippen LogP contribution in [0.15, 0.2) is 24.3 Å². The SMILES string of the molecule is O=C(O)C(CCN1CCOCC1)c1ccccc1F. The molecule has 5 heteroatoms. The van der Waals surface area contributed by atoms with Gasteiger partial charge in [-0.3, -0.25) is 9.69 Å². The highest BCUT2D eigenvalue weighted by atomic mass is 19.1. The van der Waals surface area contributed by atoms with Gasteiger partial charge >= 0.3 is 5.97 Å². The van der Waals surface area contributed by atoms with Crippen LogP contribution in [0.25, 0.3) is 0 Å². The van der Waals surface area contributed by atoms with Gasteiger partial charge in [0.05, 0.1) is 19.1 Å². The summed E-state index contributed by atoms with van der Waals surface area (Å²) in [6, 6.07) is 6.09. The summed E-state index contributed by atoms with van der Waals surface area (Å²) in [4.78, 5) is 13.5. The van der Waals surface area contributed by atoms with Crippen molar-refractivity contribution in [2.45, 2.75) is 12.3 Å². The smallest absolute Gasteiger partial charge is 0.311 e. The van der Waals surface area contributed by atoms with Crippen LogP contribution in [0.5, 0.6) is 0 Å². The first-order valence-corrected chi connectivity index (χ1v) is 6.46. The number of aliphatic carboxylic acids is 1. The maximum atomic E-state index is 13.7. The van der Waals surface area contributed by atoms with Gasteiger partial charge in [0.15, 0.2) is 0 Å². The standard InChI is InChI=1S/C14H18FNO3/c15-13-4-2-1-3-11(13)12(14(17)18)5-6-16-7-9-19-10-8-16/h1-4,12H,5-10H2,(H,17,18). The van der Waals surface area contributed by atoms with Gasteiger partial charge in [0.1, 0.15) is 5.82 Å². The van der Waals surface area contributed by atoms with E-state index in [2.05, 4.69) is 4.90 Å². The van der Waals surface area contributed by atoms with Crippen molar-refractivity contribution >= 4 is 5.97 Å². The van der Waals surface area contributed by atoms with Gasteiger partial charge in [0.25, 0.3) is 0 Å². The minimum atomic E-state index is -0.974. The zero-order valence-electron chi connectivity index (χ0n) is 10.7. The number of hydrogen-bond acceptors (Lipinski definition) is 3. The molecule has 1 aromatic rings. The fraction of sp³-hybridized carbons (Fsp3) is 0.500. The fourth-order valence-corrected chi connectivity index (χ4v) is 2.31. The van der Waals surface area contributed by atoms with E-state index in [-0.39, 0.29) is 5.56 Å². The molecule has 1 aliphatic rings. The minimum Gasteiger partial charge on any atom is -0.481 e. The number of hydrogen-bond donors (Lipinski definition) is 1. The number of carboxylic acid groups (broad SMARTS) is 1. The predicted molar refractivity (Wildman–Crippen MR) is 68.7 cm³/mol. The molecule has 1 aliphatic heterocycles. The molecule has 19 heavy (non-hydrogen) atoms. The Hall–Kier alpha value is -1.46. The van der Waals surface area contributed by atoms with E-state index < -0.39 is 17.7 Å². The van der Waals surface area contributed by atoms with E-state index in [1.807, 2.05) is 0 Å². The molecule has 1 fully saturated rings. The lowest BCUT2D eigenvalue weighted by Crippen LogP contribution is -2.37. The van der Waals surface area contributed by atoms with Gasteiger partial charge in [0, 0.05) is 18.7 Å². The molecule has 4 nitrogen and oxygen atoms in total. The van der Waals surface area contributed by atoms with E-state index in [0.29, 0.717) is 26.2 Å². The highest BCUT2D eigenvalue weighted by molar-refractivity contribution is 5.76. The first-order valence-electron chi connectivity index (χ1n) is 6.46. The van der Waals surface area contributed by atoms with Gasteiger partial charge in [-0.1, -0.05) is 18.2 Å². The van der Waals surface area contributed by atoms with Crippen LogP contribution >= 0.6 is 0 Å². The molecule has 104 valence electrons. The second kappa shape index (κ2) is 6.63. The van der Waals surface area contributed by atoms with Crippen molar-refractivity contribution < 1.29 is 19.0 Å². The first kappa shape index (κ1) is 14.0. The summed E-state index contributed by atoms with van der Waals surface area (Å²) < 4.78 is 18.9. The Bertz CT molecular complexity index is 432. The van der Waals surface area contributed by atoms with Crippen molar-refractivity contribution in [2.75, 3.05) is 32.8 Å². The Morgan fingerprint density at radius 3 is 2.68 bits per heavy atom. The second-order valence-electron chi connectivity index (χ2n) is 4.66. The van der Waals surface area contributed by atoms with E-state index in [1.54, 1.807) is 18.2 Å². The van der Waals surface area contributed by atoms with Crippen LogP contribution in [0.4, 0.5) is 4.39 Å². The van der Waals surface area contributed by atoms with Crippen molar-refractivity contribution in [1.29, 1.82) is 0 Å². The van der Waals surface area contributed by atoms with Gasteiger partial charge in [0.2, 0.25) is 0 Å². The molecule has 1 unspecified atom stereocenters. The first-order chi connectivity index (χ1) is 9.18. The molecule has 1 saturated heterocycles. The molecule has 0 saturated carbocycles. The topological polar surface area (TPSA) is 49.8 Å². The van der Waals surface area contributed by atoms with Crippen LogP contribution in [0.1, 0.15) is 17.9 Å². The molecule has 0 amide bonds. The van der Waals surface area contributed by atoms with Crippen molar-refractivity contribution in [3.8, 4) is 0 Å². The van der Waals surface area contributed by atoms with Gasteiger partial charge in [-0.25, -0.2) is 4.39 Å². The zero-order valence-corrected chi connectivity index (χ0v) is 10.7. The summed E-state index contributed by atoms with van der Waals surface area (Å²) in [5.74, 6) is -2.21. The normalized spacial score (nSPS) is 18.2. The molecule has 0 aromatic heterocycles. The number of carboxylic acids is 1. The Kier molecular flexibility index (Phi) is 4.87. The van der Waals surface area contributed by atoms with Gasteiger partial charge in [-0.2, -0.15) is 0 Å². The van der Waals surface area contributed by atoms with Crippen LogP contribution in [-0.4, -0.2) is 48.8 Å². The van der Waals surface area contributed by atoms with Crippen LogP contribution in [0, 0.1) is 5.82 Å². The molecule has 1 heterocycles. The summed E-state index contributed by atoms with van der Waals surface area (Å²) in [5, 5.41) is 9.27. The lowest BCUT2D eigenvalue weighted by atomic mass is 9.95. The van der Waals surface area contributed by atoms with Crippen LogP contribution in [-0.2, 0) is 9.53 Å². The number of carbonyl (C=O) groups is 1. The fourth-order valence-electron chi connectivity index (χ4n) is 2.31. The molecule has 1 N–H and O–H groups in total. The number of rotatable bonds is 5. The van der Waals surface area contributed by atoms with E-state index >= 15 is 0 Å². The van der Waals surface area contributed by atoms with Crippen molar-refractivity contribution in [3.05, 3.63) is 35.6 Å². The zero-order chi connectivity index (χ0) is 13.7. The Labute approximate surface area is 111 Å². The largest absolute Gasteiger partial charge is 0.481 e. The summed E-state index contributed by atoms with van der Waals surface area (Å²) >= 11 is 0. The number of morpholine rings is 1. The van der Waals surface area contributed by atoms with Crippen molar-refractivity contribution in [1.82, 2.24) is 4.90 Å². The molecular formula is C14H18FNO3. The maximum absolute atomic E-state index is 13.7. The molecule has 2 rings (SSSR count). The quantitative estimate of drug-likeness (QED) is 0.882. The lowest BCUT2D eigenvalue weighted by molar-refractivity contribution is -0.139. The number of nitrogens with zero attached hydrogens (tertiary/aromatic N) is 1. The minimum absolute atomic E-state index is 0.267.